The summed E-state index contributed by atoms with van der Waals surface area (Å²) in [6.07, 6.45) is 4.77. The zero-order chi connectivity index (χ0) is 16.1. The van der Waals surface area contributed by atoms with Gasteiger partial charge in [-0.3, -0.25) is 9.89 Å². The Morgan fingerprint density at radius 3 is 2.87 bits per heavy atom. The number of H-pyrrole nitrogens is 1. The normalized spacial score (nSPS) is 20.6. The molecule has 1 heterocycles. The summed E-state index contributed by atoms with van der Waals surface area (Å²) < 4.78 is 0. The zero-order valence-electron chi connectivity index (χ0n) is 12.9. The van der Waals surface area contributed by atoms with Crippen LogP contribution in [-0.4, -0.2) is 33.7 Å². The van der Waals surface area contributed by atoms with Gasteiger partial charge in [0.15, 0.2) is 5.16 Å². The minimum Gasteiger partial charge on any atom is -0.349 e. The molecule has 2 unspecified atom stereocenters. The molecule has 4 N–H and O–H groups in total. The van der Waals surface area contributed by atoms with Gasteiger partial charge in [-0.2, -0.15) is 5.10 Å². The summed E-state index contributed by atoms with van der Waals surface area (Å²) in [4.78, 5) is 16.4. The number of hydrogen-bond acceptors (Lipinski definition) is 5. The molecule has 122 valence electrons. The lowest BCUT2D eigenvalue weighted by atomic mass is 10.0. The van der Waals surface area contributed by atoms with Gasteiger partial charge in [0.1, 0.15) is 6.33 Å². The Morgan fingerprint density at radius 1 is 1.35 bits per heavy atom. The number of nitrogens with two attached hydrogens (primary N) is 1. The summed E-state index contributed by atoms with van der Waals surface area (Å²) in [5, 5.41) is 10.5. The number of rotatable bonds is 6. The van der Waals surface area contributed by atoms with Crippen molar-refractivity contribution in [2.24, 2.45) is 11.7 Å². The molecule has 1 saturated carbocycles. The van der Waals surface area contributed by atoms with Crippen LogP contribution in [0.3, 0.4) is 0 Å². The lowest BCUT2D eigenvalue weighted by Gasteiger charge is -2.19. The molecule has 1 amide bonds. The molecule has 0 spiro atoms. The summed E-state index contributed by atoms with van der Waals surface area (Å²) in [6.45, 7) is 0.642. The molecule has 2 aromatic rings. The minimum atomic E-state index is -0.00946. The quantitative estimate of drug-likeness (QED) is 0.703. The molecular weight excluding hydrogens is 310 g/mol. The molecule has 1 aromatic carbocycles. The van der Waals surface area contributed by atoms with Crippen LogP contribution in [0.1, 0.15) is 35.2 Å². The van der Waals surface area contributed by atoms with Crippen molar-refractivity contribution in [2.45, 2.75) is 36.2 Å². The van der Waals surface area contributed by atoms with Crippen molar-refractivity contribution in [3.05, 3.63) is 41.7 Å². The van der Waals surface area contributed by atoms with Crippen molar-refractivity contribution in [3.8, 4) is 0 Å². The SMILES string of the molecule is NCC1CCCC1NC(=O)c1ccc(CSc2ncn[nH]2)cc1. The molecule has 23 heavy (non-hydrogen) atoms. The van der Waals surface area contributed by atoms with E-state index in [4.69, 9.17) is 5.73 Å². The monoisotopic (exact) mass is 331 g/mol. The second-order valence-corrected chi connectivity index (χ2v) is 6.75. The number of amides is 1. The van der Waals surface area contributed by atoms with E-state index in [2.05, 4.69) is 20.5 Å². The predicted octanol–water partition coefficient (Wildman–Crippen LogP) is 1.95. The number of carbonyl (C=O) groups is 1. The van der Waals surface area contributed by atoms with E-state index in [-0.39, 0.29) is 11.9 Å². The largest absolute Gasteiger partial charge is 0.349 e. The van der Waals surface area contributed by atoms with Crippen molar-refractivity contribution < 1.29 is 4.79 Å². The first-order valence-electron chi connectivity index (χ1n) is 7.84. The molecule has 1 aromatic heterocycles. The van der Waals surface area contributed by atoms with Crippen LogP contribution in [0.15, 0.2) is 35.7 Å². The van der Waals surface area contributed by atoms with Gasteiger partial charge in [-0.25, -0.2) is 4.98 Å². The molecule has 2 atom stereocenters. The smallest absolute Gasteiger partial charge is 0.251 e. The fraction of sp³-hybridized carbons (Fsp3) is 0.438. The zero-order valence-corrected chi connectivity index (χ0v) is 13.7. The van der Waals surface area contributed by atoms with Gasteiger partial charge >= 0.3 is 0 Å². The molecule has 3 rings (SSSR count). The van der Waals surface area contributed by atoms with Gasteiger partial charge in [0, 0.05) is 17.4 Å². The average molecular weight is 331 g/mol. The highest BCUT2D eigenvalue weighted by atomic mass is 32.2. The summed E-state index contributed by atoms with van der Waals surface area (Å²) in [5.74, 6) is 1.19. The number of aromatic amines is 1. The van der Waals surface area contributed by atoms with Gasteiger partial charge in [0.05, 0.1) is 0 Å². The maximum absolute atomic E-state index is 12.3. The van der Waals surface area contributed by atoms with Gasteiger partial charge in [-0.1, -0.05) is 30.3 Å². The van der Waals surface area contributed by atoms with Gasteiger partial charge in [0.2, 0.25) is 0 Å². The van der Waals surface area contributed by atoms with Crippen molar-refractivity contribution in [3.63, 3.8) is 0 Å². The average Bonchev–Trinajstić information content (AvgIpc) is 3.24. The summed E-state index contributed by atoms with van der Waals surface area (Å²) >= 11 is 1.58. The van der Waals surface area contributed by atoms with Gasteiger partial charge in [0.25, 0.3) is 5.91 Å². The second-order valence-electron chi connectivity index (χ2n) is 5.78. The number of nitrogens with zero attached hydrogens (tertiary/aromatic N) is 2. The highest BCUT2D eigenvalue weighted by Gasteiger charge is 2.27. The van der Waals surface area contributed by atoms with Crippen LogP contribution in [0.25, 0.3) is 0 Å². The van der Waals surface area contributed by atoms with Crippen LogP contribution >= 0.6 is 11.8 Å². The number of benzene rings is 1. The third-order valence-corrected chi connectivity index (χ3v) is 5.21. The van der Waals surface area contributed by atoms with Gasteiger partial charge in [-0.15, -0.1) is 0 Å². The Balaban J connectivity index is 1.55. The van der Waals surface area contributed by atoms with Crippen LogP contribution in [0.5, 0.6) is 0 Å². The van der Waals surface area contributed by atoms with Crippen molar-refractivity contribution in [1.29, 1.82) is 0 Å². The highest BCUT2D eigenvalue weighted by molar-refractivity contribution is 7.98. The van der Waals surface area contributed by atoms with E-state index in [1.807, 2.05) is 24.3 Å². The van der Waals surface area contributed by atoms with Gasteiger partial charge in [-0.05, 0) is 43.0 Å². The third kappa shape index (κ3) is 4.11. The lowest BCUT2D eigenvalue weighted by Crippen LogP contribution is -2.39. The Morgan fingerprint density at radius 2 is 2.17 bits per heavy atom. The van der Waals surface area contributed by atoms with Crippen molar-refractivity contribution in [2.75, 3.05) is 6.54 Å². The highest BCUT2D eigenvalue weighted by Crippen LogP contribution is 2.25. The lowest BCUT2D eigenvalue weighted by molar-refractivity contribution is 0.0929. The van der Waals surface area contributed by atoms with E-state index in [9.17, 15) is 4.79 Å². The van der Waals surface area contributed by atoms with Crippen LogP contribution in [0.2, 0.25) is 0 Å². The van der Waals surface area contributed by atoms with E-state index in [1.165, 1.54) is 6.33 Å². The molecule has 0 saturated heterocycles. The van der Waals surface area contributed by atoms with Crippen molar-refractivity contribution in [1.82, 2.24) is 20.5 Å². The molecule has 6 nitrogen and oxygen atoms in total. The second kappa shape index (κ2) is 7.61. The molecule has 0 radical (unpaired) electrons. The van der Waals surface area contributed by atoms with E-state index in [1.54, 1.807) is 11.8 Å². The molecule has 7 heteroatoms. The topological polar surface area (TPSA) is 96.7 Å². The molecule has 1 aliphatic carbocycles. The molecule has 1 fully saturated rings. The number of hydrogen-bond donors (Lipinski definition) is 3. The van der Waals surface area contributed by atoms with E-state index < -0.39 is 0 Å². The molecule has 0 aliphatic heterocycles. The first-order chi connectivity index (χ1) is 11.3. The number of thioether (sulfide) groups is 1. The van der Waals surface area contributed by atoms with E-state index in [0.717, 1.165) is 35.7 Å². The Bertz CT molecular complexity index is 628. The number of carbonyl (C=O) groups excluding carboxylic acids is 1. The Labute approximate surface area is 139 Å². The van der Waals surface area contributed by atoms with Crippen molar-refractivity contribution >= 4 is 17.7 Å². The maximum atomic E-state index is 12.3. The fourth-order valence-electron chi connectivity index (χ4n) is 2.93. The standard InChI is InChI=1S/C16H21N5OS/c17-8-13-2-1-3-14(13)20-15(22)12-6-4-11(5-7-12)9-23-16-18-10-19-21-16/h4-7,10,13-14H,1-3,8-9,17H2,(H,20,22)(H,18,19,21). The third-order valence-electron chi connectivity index (χ3n) is 4.26. The Hall–Kier alpha value is -1.86. The van der Waals surface area contributed by atoms with Crippen LogP contribution in [0.4, 0.5) is 0 Å². The Kier molecular flexibility index (Phi) is 5.30. The predicted molar refractivity (Wildman–Crippen MR) is 90.0 cm³/mol. The molecular formula is C16H21N5OS. The van der Waals surface area contributed by atoms with Gasteiger partial charge < -0.3 is 11.1 Å². The minimum absolute atomic E-state index is 0.00946. The van der Waals surface area contributed by atoms with E-state index >= 15 is 0 Å². The summed E-state index contributed by atoms with van der Waals surface area (Å²) in [7, 11) is 0. The van der Waals surface area contributed by atoms with E-state index in [0.29, 0.717) is 18.0 Å². The molecule has 1 aliphatic rings. The fourth-order valence-corrected chi connectivity index (χ4v) is 3.66. The van der Waals surface area contributed by atoms with Crippen LogP contribution in [0, 0.1) is 5.92 Å². The summed E-state index contributed by atoms with van der Waals surface area (Å²) in [5.41, 5.74) is 7.60. The summed E-state index contributed by atoms with van der Waals surface area (Å²) in [6, 6.07) is 7.92. The molecule has 0 bridgehead atoms. The maximum Gasteiger partial charge on any atom is 0.251 e. The number of nitrogens with one attached hydrogen (secondary N) is 2. The number of aromatic nitrogens is 3. The van der Waals surface area contributed by atoms with Crippen LogP contribution < -0.4 is 11.1 Å². The van der Waals surface area contributed by atoms with Crippen LogP contribution in [-0.2, 0) is 5.75 Å². The first-order valence-corrected chi connectivity index (χ1v) is 8.83. The first kappa shape index (κ1) is 16.0.